The molecule has 1 aromatic rings. The summed E-state index contributed by atoms with van der Waals surface area (Å²) in [5.41, 5.74) is 6.84. The lowest BCUT2D eigenvalue weighted by atomic mass is 10.2. The summed E-state index contributed by atoms with van der Waals surface area (Å²) in [4.78, 5) is 2.32. The van der Waals surface area contributed by atoms with Crippen LogP contribution in [0.5, 0.6) is 5.75 Å². The van der Waals surface area contributed by atoms with Gasteiger partial charge in [0, 0.05) is 19.6 Å². The van der Waals surface area contributed by atoms with Crippen LogP contribution < -0.4 is 10.5 Å². The third kappa shape index (κ3) is 3.90. The number of benzene rings is 1. The molecule has 0 spiro atoms. The normalized spacial score (nSPS) is 10.7. The molecule has 0 bridgehead atoms. The van der Waals surface area contributed by atoms with Gasteiger partial charge in [0.15, 0.2) is 0 Å². The van der Waals surface area contributed by atoms with Crippen LogP contribution in [0.25, 0.3) is 0 Å². The highest BCUT2D eigenvalue weighted by Gasteiger charge is 2.02. The van der Waals surface area contributed by atoms with Crippen LogP contribution in [0.4, 0.5) is 0 Å². The standard InChI is InChI=1S/C12H20N2O/c1-3-14(9-8-13)10-11-4-6-12(15-2)7-5-11/h4-7H,3,8-10,13H2,1-2H3. The summed E-state index contributed by atoms with van der Waals surface area (Å²) in [5.74, 6) is 0.903. The number of ether oxygens (including phenoxy) is 1. The van der Waals surface area contributed by atoms with Crippen molar-refractivity contribution < 1.29 is 4.74 Å². The maximum atomic E-state index is 5.54. The van der Waals surface area contributed by atoms with Gasteiger partial charge in [0.1, 0.15) is 5.75 Å². The molecule has 0 aromatic heterocycles. The van der Waals surface area contributed by atoms with Gasteiger partial charge in [-0.2, -0.15) is 0 Å². The number of hydrogen-bond acceptors (Lipinski definition) is 3. The van der Waals surface area contributed by atoms with Crippen molar-refractivity contribution in [2.75, 3.05) is 26.7 Å². The van der Waals surface area contributed by atoms with E-state index in [0.717, 1.165) is 25.4 Å². The number of rotatable bonds is 6. The van der Waals surface area contributed by atoms with E-state index in [2.05, 4.69) is 24.0 Å². The number of nitrogens with zero attached hydrogens (tertiary/aromatic N) is 1. The molecule has 1 aromatic carbocycles. The van der Waals surface area contributed by atoms with E-state index in [1.165, 1.54) is 5.56 Å². The van der Waals surface area contributed by atoms with Crippen LogP contribution in [0.15, 0.2) is 24.3 Å². The van der Waals surface area contributed by atoms with Gasteiger partial charge < -0.3 is 10.5 Å². The van der Waals surface area contributed by atoms with Gasteiger partial charge >= 0.3 is 0 Å². The third-order valence-corrected chi connectivity index (χ3v) is 2.46. The van der Waals surface area contributed by atoms with Crippen LogP contribution in [0.3, 0.4) is 0 Å². The van der Waals surface area contributed by atoms with Crippen molar-refractivity contribution in [3.63, 3.8) is 0 Å². The number of hydrogen-bond donors (Lipinski definition) is 1. The SMILES string of the molecule is CCN(CCN)Cc1ccc(OC)cc1. The molecule has 84 valence electrons. The minimum atomic E-state index is 0.712. The zero-order valence-electron chi connectivity index (χ0n) is 9.57. The summed E-state index contributed by atoms with van der Waals surface area (Å²) >= 11 is 0. The van der Waals surface area contributed by atoms with Crippen molar-refractivity contribution in [3.05, 3.63) is 29.8 Å². The van der Waals surface area contributed by atoms with Crippen molar-refractivity contribution in [1.29, 1.82) is 0 Å². The van der Waals surface area contributed by atoms with Crippen molar-refractivity contribution >= 4 is 0 Å². The van der Waals surface area contributed by atoms with E-state index >= 15 is 0 Å². The molecule has 2 N–H and O–H groups in total. The van der Waals surface area contributed by atoms with Gasteiger partial charge in [-0.1, -0.05) is 19.1 Å². The molecule has 15 heavy (non-hydrogen) atoms. The van der Waals surface area contributed by atoms with Crippen LogP contribution in [-0.4, -0.2) is 31.6 Å². The molecule has 0 atom stereocenters. The second-order valence-electron chi connectivity index (χ2n) is 3.51. The van der Waals surface area contributed by atoms with Crippen molar-refractivity contribution in [2.45, 2.75) is 13.5 Å². The second-order valence-corrected chi connectivity index (χ2v) is 3.51. The Morgan fingerprint density at radius 2 is 1.93 bits per heavy atom. The Morgan fingerprint density at radius 1 is 1.27 bits per heavy atom. The van der Waals surface area contributed by atoms with Crippen LogP contribution >= 0.6 is 0 Å². The van der Waals surface area contributed by atoms with Crippen LogP contribution in [0, 0.1) is 0 Å². The highest BCUT2D eigenvalue weighted by Crippen LogP contribution is 2.12. The Hall–Kier alpha value is -1.06. The first-order valence-electron chi connectivity index (χ1n) is 5.35. The summed E-state index contributed by atoms with van der Waals surface area (Å²) in [5, 5.41) is 0. The number of likely N-dealkylation sites (N-methyl/N-ethyl adjacent to an activating group) is 1. The molecule has 0 aliphatic carbocycles. The average molecular weight is 208 g/mol. The van der Waals surface area contributed by atoms with Gasteiger partial charge in [0.05, 0.1) is 7.11 Å². The molecule has 0 fully saturated rings. The van der Waals surface area contributed by atoms with Crippen LogP contribution in [0.2, 0.25) is 0 Å². The zero-order chi connectivity index (χ0) is 11.1. The molecule has 0 amide bonds. The minimum absolute atomic E-state index is 0.712. The first kappa shape index (κ1) is 12.0. The summed E-state index contributed by atoms with van der Waals surface area (Å²) in [6.45, 7) is 5.80. The summed E-state index contributed by atoms with van der Waals surface area (Å²) < 4.78 is 5.11. The minimum Gasteiger partial charge on any atom is -0.497 e. The Labute approximate surface area is 91.8 Å². The predicted molar refractivity (Wildman–Crippen MR) is 63.0 cm³/mol. The number of methoxy groups -OCH3 is 1. The lowest BCUT2D eigenvalue weighted by Gasteiger charge is -2.19. The van der Waals surface area contributed by atoms with Gasteiger partial charge in [0.2, 0.25) is 0 Å². The van der Waals surface area contributed by atoms with E-state index in [9.17, 15) is 0 Å². The molecule has 0 radical (unpaired) electrons. The van der Waals surface area contributed by atoms with Gasteiger partial charge in [-0.05, 0) is 24.2 Å². The highest BCUT2D eigenvalue weighted by atomic mass is 16.5. The van der Waals surface area contributed by atoms with E-state index in [4.69, 9.17) is 10.5 Å². The van der Waals surface area contributed by atoms with Crippen LogP contribution in [0.1, 0.15) is 12.5 Å². The number of nitrogens with two attached hydrogens (primary N) is 1. The maximum Gasteiger partial charge on any atom is 0.118 e. The molecule has 0 heterocycles. The smallest absolute Gasteiger partial charge is 0.118 e. The topological polar surface area (TPSA) is 38.5 Å². The lowest BCUT2D eigenvalue weighted by molar-refractivity contribution is 0.288. The van der Waals surface area contributed by atoms with Gasteiger partial charge in [-0.3, -0.25) is 4.90 Å². The fourth-order valence-corrected chi connectivity index (χ4v) is 1.52. The maximum absolute atomic E-state index is 5.54. The molecule has 0 saturated carbocycles. The molecule has 3 nitrogen and oxygen atoms in total. The quantitative estimate of drug-likeness (QED) is 0.769. The molecule has 3 heteroatoms. The van der Waals surface area contributed by atoms with E-state index < -0.39 is 0 Å². The highest BCUT2D eigenvalue weighted by molar-refractivity contribution is 5.27. The third-order valence-electron chi connectivity index (χ3n) is 2.46. The summed E-state index contributed by atoms with van der Waals surface area (Å²) in [6, 6.07) is 8.17. The average Bonchev–Trinajstić information content (AvgIpc) is 2.29. The van der Waals surface area contributed by atoms with Gasteiger partial charge in [-0.15, -0.1) is 0 Å². The van der Waals surface area contributed by atoms with Crippen molar-refractivity contribution in [3.8, 4) is 5.75 Å². The molecular weight excluding hydrogens is 188 g/mol. The van der Waals surface area contributed by atoms with E-state index in [-0.39, 0.29) is 0 Å². The molecule has 0 unspecified atom stereocenters. The molecular formula is C12H20N2O. The Balaban J connectivity index is 2.55. The molecule has 0 aliphatic heterocycles. The first-order chi connectivity index (χ1) is 7.30. The fraction of sp³-hybridized carbons (Fsp3) is 0.500. The Morgan fingerprint density at radius 3 is 2.40 bits per heavy atom. The monoisotopic (exact) mass is 208 g/mol. The Bertz CT molecular complexity index is 271. The first-order valence-corrected chi connectivity index (χ1v) is 5.35. The summed E-state index contributed by atoms with van der Waals surface area (Å²) in [7, 11) is 1.68. The fourth-order valence-electron chi connectivity index (χ4n) is 1.52. The molecule has 0 saturated heterocycles. The zero-order valence-corrected chi connectivity index (χ0v) is 9.57. The van der Waals surface area contributed by atoms with Gasteiger partial charge in [-0.25, -0.2) is 0 Å². The predicted octanol–water partition coefficient (Wildman–Crippen LogP) is 1.48. The molecule has 1 rings (SSSR count). The van der Waals surface area contributed by atoms with E-state index in [1.807, 2.05) is 12.1 Å². The van der Waals surface area contributed by atoms with E-state index in [0.29, 0.717) is 6.54 Å². The van der Waals surface area contributed by atoms with Crippen molar-refractivity contribution in [1.82, 2.24) is 4.90 Å². The molecule has 0 aliphatic rings. The summed E-state index contributed by atoms with van der Waals surface area (Å²) in [6.07, 6.45) is 0. The van der Waals surface area contributed by atoms with E-state index in [1.54, 1.807) is 7.11 Å². The largest absolute Gasteiger partial charge is 0.497 e. The Kier molecular flexibility index (Phi) is 5.15. The van der Waals surface area contributed by atoms with Crippen molar-refractivity contribution in [2.24, 2.45) is 5.73 Å². The van der Waals surface area contributed by atoms with Crippen LogP contribution in [-0.2, 0) is 6.54 Å². The second kappa shape index (κ2) is 6.43. The van der Waals surface area contributed by atoms with Gasteiger partial charge in [0.25, 0.3) is 0 Å². The lowest BCUT2D eigenvalue weighted by Crippen LogP contribution is -2.28.